The van der Waals surface area contributed by atoms with Crippen molar-refractivity contribution >= 4 is 15.9 Å². The Labute approximate surface area is 113 Å². The van der Waals surface area contributed by atoms with Gasteiger partial charge in [-0.15, -0.1) is 0 Å². The summed E-state index contributed by atoms with van der Waals surface area (Å²) in [7, 11) is 0. The standard InChI is InChI=1S/C13H15BrF3N/c14-12-4-2-1-3-10(12)9-18-7-5-11(6-8-18)13(15,16)17/h1-4,11H,5-9H2. The first kappa shape index (κ1) is 13.9. The molecule has 1 aromatic carbocycles. The highest BCUT2D eigenvalue weighted by molar-refractivity contribution is 9.10. The number of halogens is 4. The first-order chi connectivity index (χ1) is 8.47. The third kappa shape index (κ3) is 3.48. The van der Waals surface area contributed by atoms with Gasteiger partial charge in [0.15, 0.2) is 0 Å². The molecule has 1 nitrogen and oxygen atoms in total. The summed E-state index contributed by atoms with van der Waals surface area (Å²) in [5.74, 6) is -1.12. The number of hydrogen-bond donors (Lipinski definition) is 0. The molecule has 0 N–H and O–H groups in total. The van der Waals surface area contributed by atoms with Crippen molar-refractivity contribution in [3.63, 3.8) is 0 Å². The van der Waals surface area contributed by atoms with Crippen molar-refractivity contribution in [3.8, 4) is 0 Å². The number of alkyl halides is 3. The molecule has 18 heavy (non-hydrogen) atoms. The molecule has 2 rings (SSSR count). The minimum atomic E-state index is -4.03. The molecule has 1 heterocycles. The fraction of sp³-hybridized carbons (Fsp3) is 0.538. The topological polar surface area (TPSA) is 3.24 Å². The number of likely N-dealkylation sites (tertiary alicyclic amines) is 1. The van der Waals surface area contributed by atoms with Gasteiger partial charge in [0.1, 0.15) is 0 Å². The monoisotopic (exact) mass is 321 g/mol. The largest absolute Gasteiger partial charge is 0.391 e. The SMILES string of the molecule is FC(F)(F)C1CCN(Cc2ccccc2Br)CC1. The van der Waals surface area contributed by atoms with Gasteiger partial charge in [0.2, 0.25) is 0 Å². The van der Waals surface area contributed by atoms with Crippen LogP contribution in [-0.4, -0.2) is 24.2 Å². The fourth-order valence-electron chi connectivity index (χ4n) is 2.29. The Morgan fingerprint density at radius 1 is 1.17 bits per heavy atom. The van der Waals surface area contributed by atoms with Gasteiger partial charge in [0.05, 0.1) is 5.92 Å². The van der Waals surface area contributed by atoms with Gasteiger partial charge >= 0.3 is 6.18 Å². The van der Waals surface area contributed by atoms with Crippen LogP contribution < -0.4 is 0 Å². The van der Waals surface area contributed by atoms with E-state index in [1.165, 1.54) is 0 Å². The molecule has 1 aliphatic rings. The molecule has 0 unspecified atom stereocenters. The summed E-state index contributed by atoms with van der Waals surface area (Å²) < 4.78 is 38.6. The van der Waals surface area contributed by atoms with Crippen molar-refractivity contribution in [3.05, 3.63) is 34.3 Å². The lowest BCUT2D eigenvalue weighted by molar-refractivity contribution is -0.185. The van der Waals surface area contributed by atoms with Crippen LogP contribution >= 0.6 is 15.9 Å². The number of hydrogen-bond acceptors (Lipinski definition) is 1. The van der Waals surface area contributed by atoms with E-state index in [2.05, 4.69) is 20.8 Å². The Hall–Kier alpha value is -0.550. The zero-order valence-corrected chi connectivity index (χ0v) is 11.5. The number of piperidine rings is 1. The van der Waals surface area contributed by atoms with Crippen molar-refractivity contribution in [1.82, 2.24) is 4.90 Å². The summed E-state index contributed by atoms with van der Waals surface area (Å²) in [4.78, 5) is 2.09. The molecule has 0 amide bonds. The highest BCUT2D eigenvalue weighted by Gasteiger charge is 2.40. The quantitative estimate of drug-likeness (QED) is 0.788. The maximum Gasteiger partial charge on any atom is 0.391 e. The number of rotatable bonds is 2. The van der Waals surface area contributed by atoms with Crippen LogP contribution in [0.15, 0.2) is 28.7 Å². The zero-order valence-electron chi connectivity index (χ0n) is 9.88. The van der Waals surface area contributed by atoms with E-state index in [0.717, 1.165) is 10.0 Å². The minimum absolute atomic E-state index is 0.216. The predicted octanol–water partition coefficient (Wildman–Crippen LogP) is 4.22. The van der Waals surface area contributed by atoms with Gasteiger partial charge in [-0.3, -0.25) is 4.90 Å². The normalized spacial score (nSPS) is 19.1. The maximum absolute atomic E-state index is 12.5. The molecule has 0 aliphatic carbocycles. The second-order valence-electron chi connectivity index (χ2n) is 4.68. The first-order valence-corrected chi connectivity index (χ1v) is 6.78. The Morgan fingerprint density at radius 3 is 2.33 bits per heavy atom. The summed E-state index contributed by atoms with van der Waals surface area (Å²) in [6.07, 6.45) is -3.60. The second-order valence-corrected chi connectivity index (χ2v) is 5.54. The zero-order chi connectivity index (χ0) is 13.2. The lowest BCUT2D eigenvalue weighted by Crippen LogP contribution is -2.38. The smallest absolute Gasteiger partial charge is 0.299 e. The Bertz CT molecular complexity index is 397. The molecule has 0 aromatic heterocycles. The molecule has 1 fully saturated rings. The number of benzene rings is 1. The van der Waals surface area contributed by atoms with E-state index in [4.69, 9.17) is 0 Å². The summed E-state index contributed by atoms with van der Waals surface area (Å²) in [5, 5.41) is 0. The third-order valence-electron chi connectivity index (χ3n) is 3.40. The van der Waals surface area contributed by atoms with E-state index in [-0.39, 0.29) is 12.8 Å². The summed E-state index contributed by atoms with van der Waals surface area (Å²) in [6, 6.07) is 7.84. The maximum atomic E-state index is 12.5. The van der Waals surface area contributed by atoms with E-state index in [0.29, 0.717) is 19.6 Å². The average Bonchev–Trinajstić information content (AvgIpc) is 2.32. The first-order valence-electron chi connectivity index (χ1n) is 5.99. The molecule has 1 aromatic rings. The van der Waals surface area contributed by atoms with Crippen LogP contribution in [0.4, 0.5) is 13.2 Å². The van der Waals surface area contributed by atoms with Gasteiger partial charge in [-0.1, -0.05) is 34.1 Å². The highest BCUT2D eigenvalue weighted by atomic mass is 79.9. The van der Waals surface area contributed by atoms with E-state index >= 15 is 0 Å². The molecule has 0 atom stereocenters. The lowest BCUT2D eigenvalue weighted by Gasteiger charge is -2.33. The fourth-order valence-corrected chi connectivity index (χ4v) is 2.70. The molecule has 1 saturated heterocycles. The van der Waals surface area contributed by atoms with Crippen molar-refractivity contribution in [2.45, 2.75) is 25.6 Å². The molecule has 100 valence electrons. The van der Waals surface area contributed by atoms with Crippen LogP contribution in [0.2, 0.25) is 0 Å². The van der Waals surface area contributed by atoms with Crippen molar-refractivity contribution in [1.29, 1.82) is 0 Å². The molecule has 0 bridgehead atoms. The van der Waals surface area contributed by atoms with Gasteiger partial charge < -0.3 is 0 Å². The van der Waals surface area contributed by atoms with Crippen molar-refractivity contribution in [2.24, 2.45) is 5.92 Å². The van der Waals surface area contributed by atoms with Crippen LogP contribution in [0.3, 0.4) is 0 Å². The van der Waals surface area contributed by atoms with Gasteiger partial charge in [-0.05, 0) is 37.6 Å². The molecule has 5 heteroatoms. The van der Waals surface area contributed by atoms with E-state index < -0.39 is 12.1 Å². The van der Waals surface area contributed by atoms with Crippen molar-refractivity contribution in [2.75, 3.05) is 13.1 Å². The Balaban J connectivity index is 1.90. The Morgan fingerprint density at radius 2 is 1.78 bits per heavy atom. The van der Waals surface area contributed by atoms with Crippen LogP contribution in [0.1, 0.15) is 18.4 Å². The van der Waals surface area contributed by atoms with Crippen LogP contribution in [0.5, 0.6) is 0 Å². The van der Waals surface area contributed by atoms with Gasteiger partial charge in [-0.2, -0.15) is 13.2 Å². The molecular formula is C13H15BrF3N. The van der Waals surface area contributed by atoms with E-state index in [1.807, 2.05) is 24.3 Å². The number of nitrogens with zero attached hydrogens (tertiary/aromatic N) is 1. The van der Waals surface area contributed by atoms with Gasteiger partial charge in [-0.25, -0.2) is 0 Å². The van der Waals surface area contributed by atoms with Crippen molar-refractivity contribution < 1.29 is 13.2 Å². The second kappa shape index (κ2) is 5.61. The molecule has 0 spiro atoms. The minimum Gasteiger partial charge on any atom is -0.299 e. The molecular weight excluding hydrogens is 307 g/mol. The Kier molecular flexibility index (Phi) is 4.33. The van der Waals surface area contributed by atoms with Crippen LogP contribution in [-0.2, 0) is 6.54 Å². The van der Waals surface area contributed by atoms with Crippen LogP contribution in [0, 0.1) is 5.92 Å². The lowest BCUT2D eigenvalue weighted by atomic mass is 9.96. The molecule has 0 radical (unpaired) electrons. The predicted molar refractivity (Wildman–Crippen MR) is 68.2 cm³/mol. The van der Waals surface area contributed by atoms with E-state index in [9.17, 15) is 13.2 Å². The summed E-state index contributed by atoms with van der Waals surface area (Å²) >= 11 is 3.46. The van der Waals surface area contributed by atoms with E-state index in [1.54, 1.807) is 0 Å². The highest BCUT2D eigenvalue weighted by Crippen LogP contribution is 2.34. The average molecular weight is 322 g/mol. The van der Waals surface area contributed by atoms with Gasteiger partial charge in [0.25, 0.3) is 0 Å². The summed E-state index contributed by atoms with van der Waals surface area (Å²) in [5.41, 5.74) is 1.13. The third-order valence-corrected chi connectivity index (χ3v) is 4.18. The van der Waals surface area contributed by atoms with Crippen LogP contribution in [0.25, 0.3) is 0 Å². The summed E-state index contributed by atoms with van der Waals surface area (Å²) in [6.45, 7) is 1.75. The molecule has 0 saturated carbocycles. The molecule has 1 aliphatic heterocycles. The van der Waals surface area contributed by atoms with Gasteiger partial charge in [0, 0.05) is 11.0 Å².